The number of nitrogens with zero attached hydrogens (tertiary/aromatic N) is 2. The molecule has 1 aromatic heterocycles. The van der Waals surface area contributed by atoms with Crippen molar-refractivity contribution in [3.05, 3.63) is 23.2 Å². The molecule has 0 N–H and O–H groups in total. The molecule has 1 aromatic rings. The fourth-order valence-corrected chi connectivity index (χ4v) is 2.97. The number of unbranched alkanes of at least 4 members (excludes halogenated alkanes) is 1. The molecule has 0 bridgehead atoms. The predicted octanol–water partition coefficient (Wildman–Crippen LogP) is 4.59. The lowest BCUT2D eigenvalue weighted by Crippen LogP contribution is -2.14. The summed E-state index contributed by atoms with van der Waals surface area (Å²) >= 11 is 5.91. The van der Waals surface area contributed by atoms with Crippen LogP contribution in [0.25, 0.3) is 0 Å². The van der Waals surface area contributed by atoms with Gasteiger partial charge >= 0.3 is 0 Å². The standard InChI is InChI=1S/C14H21ClN2/c1-2-3-4-11-5-7-12(8-6-11)13-9-14(15)17-10-16-13/h9-12H,2-8H2,1H3. The van der Waals surface area contributed by atoms with Crippen molar-refractivity contribution in [2.75, 3.05) is 0 Å². The number of hydrogen-bond donors (Lipinski definition) is 0. The van der Waals surface area contributed by atoms with Crippen LogP contribution in [0.2, 0.25) is 5.15 Å². The highest BCUT2D eigenvalue weighted by Gasteiger charge is 2.22. The summed E-state index contributed by atoms with van der Waals surface area (Å²) in [5, 5.41) is 0.572. The van der Waals surface area contributed by atoms with E-state index in [0.29, 0.717) is 11.1 Å². The van der Waals surface area contributed by atoms with Crippen LogP contribution in [0.5, 0.6) is 0 Å². The highest BCUT2D eigenvalue weighted by Crippen LogP contribution is 2.37. The van der Waals surface area contributed by atoms with E-state index < -0.39 is 0 Å². The van der Waals surface area contributed by atoms with Gasteiger partial charge in [-0.1, -0.05) is 37.8 Å². The third-order valence-electron chi connectivity index (χ3n) is 3.89. The summed E-state index contributed by atoms with van der Waals surface area (Å²) < 4.78 is 0. The van der Waals surface area contributed by atoms with Gasteiger partial charge in [-0.3, -0.25) is 0 Å². The normalized spacial score (nSPS) is 24.8. The van der Waals surface area contributed by atoms with Crippen molar-refractivity contribution in [1.82, 2.24) is 9.97 Å². The zero-order valence-corrected chi connectivity index (χ0v) is 11.3. The Morgan fingerprint density at radius 3 is 2.65 bits per heavy atom. The van der Waals surface area contributed by atoms with Gasteiger partial charge in [0.05, 0.1) is 0 Å². The molecule has 1 saturated carbocycles. The third kappa shape index (κ3) is 3.67. The van der Waals surface area contributed by atoms with E-state index in [9.17, 15) is 0 Å². The molecule has 1 aliphatic rings. The van der Waals surface area contributed by atoms with E-state index in [2.05, 4.69) is 16.9 Å². The Morgan fingerprint density at radius 2 is 2.00 bits per heavy atom. The van der Waals surface area contributed by atoms with E-state index in [4.69, 9.17) is 11.6 Å². The highest BCUT2D eigenvalue weighted by molar-refractivity contribution is 6.29. The number of halogens is 1. The molecule has 0 spiro atoms. The summed E-state index contributed by atoms with van der Waals surface area (Å²) in [6, 6.07) is 1.93. The molecule has 1 fully saturated rings. The first kappa shape index (κ1) is 12.8. The van der Waals surface area contributed by atoms with Crippen molar-refractivity contribution in [3.8, 4) is 0 Å². The minimum atomic E-state index is 0.572. The summed E-state index contributed by atoms with van der Waals surface area (Å²) in [7, 11) is 0. The molecule has 2 rings (SSSR count). The monoisotopic (exact) mass is 252 g/mol. The fourth-order valence-electron chi connectivity index (χ4n) is 2.81. The smallest absolute Gasteiger partial charge is 0.132 e. The van der Waals surface area contributed by atoms with Gasteiger partial charge in [0, 0.05) is 11.6 Å². The summed E-state index contributed by atoms with van der Waals surface area (Å²) in [4.78, 5) is 8.30. The Morgan fingerprint density at radius 1 is 1.24 bits per heavy atom. The Labute approximate surface area is 109 Å². The maximum absolute atomic E-state index is 5.91. The molecule has 0 saturated heterocycles. The Balaban J connectivity index is 1.86. The molecular formula is C14H21ClN2. The number of rotatable bonds is 4. The van der Waals surface area contributed by atoms with Gasteiger partial charge in [-0.25, -0.2) is 9.97 Å². The minimum absolute atomic E-state index is 0.572. The van der Waals surface area contributed by atoms with E-state index in [1.807, 2.05) is 6.07 Å². The van der Waals surface area contributed by atoms with Crippen LogP contribution in [0.4, 0.5) is 0 Å². The largest absolute Gasteiger partial charge is 0.241 e. The average molecular weight is 253 g/mol. The second-order valence-electron chi connectivity index (χ2n) is 5.13. The van der Waals surface area contributed by atoms with Gasteiger partial charge in [-0.05, 0) is 37.7 Å². The molecule has 94 valence electrons. The van der Waals surface area contributed by atoms with Crippen LogP contribution in [0, 0.1) is 5.92 Å². The van der Waals surface area contributed by atoms with E-state index in [1.54, 1.807) is 6.33 Å². The quantitative estimate of drug-likeness (QED) is 0.733. The van der Waals surface area contributed by atoms with E-state index in [0.717, 1.165) is 11.6 Å². The van der Waals surface area contributed by atoms with E-state index in [-0.39, 0.29) is 0 Å². The topological polar surface area (TPSA) is 25.8 Å². The minimum Gasteiger partial charge on any atom is -0.241 e. The lowest BCUT2D eigenvalue weighted by atomic mass is 9.78. The van der Waals surface area contributed by atoms with Gasteiger partial charge in [-0.15, -0.1) is 0 Å². The van der Waals surface area contributed by atoms with Crippen molar-refractivity contribution < 1.29 is 0 Å². The molecule has 0 aliphatic heterocycles. The number of aromatic nitrogens is 2. The SMILES string of the molecule is CCCCC1CCC(c2cc(Cl)ncn2)CC1. The van der Waals surface area contributed by atoms with Gasteiger partial charge in [-0.2, -0.15) is 0 Å². The molecule has 0 atom stereocenters. The van der Waals surface area contributed by atoms with Crippen molar-refractivity contribution >= 4 is 11.6 Å². The molecule has 1 aliphatic carbocycles. The van der Waals surface area contributed by atoms with Gasteiger partial charge in [0.1, 0.15) is 11.5 Å². The summed E-state index contributed by atoms with van der Waals surface area (Å²) in [6.07, 6.45) is 10.9. The lowest BCUT2D eigenvalue weighted by Gasteiger charge is -2.28. The maximum Gasteiger partial charge on any atom is 0.132 e. The zero-order chi connectivity index (χ0) is 12.1. The molecule has 0 aromatic carbocycles. The molecular weight excluding hydrogens is 232 g/mol. The molecule has 1 heterocycles. The second-order valence-corrected chi connectivity index (χ2v) is 5.51. The van der Waals surface area contributed by atoms with Crippen molar-refractivity contribution in [2.24, 2.45) is 5.92 Å². The first-order chi connectivity index (χ1) is 8.29. The lowest BCUT2D eigenvalue weighted by molar-refractivity contribution is 0.301. The average Bonchev–Trinajstić information content (AvgIpc) is 2.37. The van der Waals surface area contributed by atoms with Gasteiger partial charge in [0.2, 0.25) is 0 Å². The van der Waals surface area contributed by atoms with Gasteiger partial charge < -0.3 is 0 Å². The molecule has 0 radical (unpaired) electrons. The van der Waals surface area contributed by atoms with Gasteiger partial charge in [0.25, 0.3) is 0 Å². The predicted molar refractivity (Wildman–Crippen MR) is 71.3 cm³/mol. The highest BCUT2D eigenvalue weighted by atomic mass is 35.5. The van der Waals surface area contributed by atoms with Crippen LogP contribution in [0.3, 0.4) is 0 Å². The van der Waals surface area contributed by atoms with Crippen LogP contribution in [0.15, 0.2) is 12.4 Å². The molecule has 0 unspecified atom stereocenters. The second kappa shape index (κ2) is 6.34. The van der Waals surface area contributed by atoms with E-state index >= 15 is 0 Å². The van der Waals surface area contributed by atoms with Crippen LogP contribution in [0.1, 0.15) is 63.5 Å². The summed E-state index contributed by atoms with van der Waals surface area (Å²) in [5.41, 5.74) is 1.14. The maximum atomic E-state index is 5.91. The van der Waals surface area contributed by atoms with Crippen molar-refractivity contribution in [3.63, 3.8) is 0 Å². The molecule has 3 heteroatoms. The first-order valence-electron chi connectivity index (χ1n) is 6.77. The van der Waals surface area contributed by atoms with E-state index in [1.165, 1.54) is 44.9 Å². The Hall–Kier alpha value is -0.630. The Kier molecular flexibility index (Phi) is 4.78. The first-order valence-corrected chi connectivity index (χ1v) is 7.14. The van der Waals surface area contributed by atoms with Crippen LogP contribution >= 0.6 is 11.6 Å². The molecule has 17 heavy (non-hydrogen) atoms. The fraction of sp³-hybridized carbons (Fsp3) is 0.714. The third-order valence-corrected chi connectivity index (χ3v) is 4.09. The van der Waals surface area contributed by atoms with Crippen LogP contribution in [-0.2, 0) is 0 Å². The summed E-state index contributed by atoms with van der Waals surface area (Å²) in [6.45, 7) is 2.27. The Bertz CT molecular complexity index is 346. The summed E-state index contributed by atoms with van der Waals surface area (Å²) in [5.74, 6) is 1.55. The molecule has 0 amide bonds. The van der Waals surface area contributed by atoms with Crippen LogP contribution < -0.4 is 0 Å². The van der Waals surface area contributed by atoms with Crippen LogP contribution in [-0.4, -0.2) is 9.97 Å². The van der Waals surface area contributed by atoms with Crippen molar-refractivity contribution in [1.29, 1.82) is 0 Å². The number of hydrogen-bond acceptors (Lipinski definition) is 2. The van der Waals surface area contributed by atoms with Gasteiger partial charge in [0.15, 0.2) is 0 Å². The van der Waals surface area contributed by atoms with Crippen molar-refractivity contribution in [2.45, 2.75) is 57.8 Å². The zero-order valence-electron chi connectivity index (χ0n) is 10.5. The molecule has 2 nitrogen and oxygen atoms in total.